The van der Waals surface area contributed by atoms with Gasteiger partial charge >= 0.3 is 11.9 Å². The van der Waals surface area contributed by atoms with Crippen LogP contribution in [0.15, 0.2) is 54.6 Å². The summed E-state index contributed by atoms with van der Waals surface area (Å²) < 4.78 is 0. The zero-order valence-corrected chi connectivity index (χ0v) is 16.1. The summed E-state index contributed by atoms with van der Waals surface area (Å²) in [4.78, 5) is 37.3. The number of carboxylic acids is 2. The molecule has 0 fully saturated rings. The van der Waals surface area contributed by atoms with E-state index in [0.717, 1.165) is 11.4 Å². The van der Waals surface area contributed by atoms with Crippen LogP contribution in [0.2, 0.25) is 0 Å². The molecule has 0 aliphatic heterocycles. The highest BCUT2D eigenvalue weighted by Crippen LogP contribution is 2.13. The predicted octanol–water partition coefficient (Wildman–Crippen LogP) is 1.93. The van der Waals surface area contributed by atoms with Crippen molar-refractivity contribution in [2.75, 3.05) is 0 Å². The van der Waals surface area contributed by atoms with E-state index in [1.165, 1.54) is 12.1 Å². The Kier molecular flexibility index (Phi) is 6.79. The van der Waals surface area contributed by atoms with Gasteiger partial charge in [-0.05, 0) is 36.4 Å². The molecular weight excluding hydrogens is 386 g/mol. The molecule has 0 aliphatic rings. The van der Waals surface area contributed by atoms with Gasteiger partial charge in [-0.2, -0.15) is 0 Å². The molecular formula is C21H21N5O4. The van der Waals surface area contributed by atoms with Crippen LogP contribution in [0.3, 0.4) is 0 Å². The molecule has 0 radical (unpaired) electrons. The van der Waals surface area contributed by atoms with Gasteiger partial charge in [0.2, 0.25) is 0 Å². The maximum Gasteiger partial charge on any atom is 0.354 e. The van der Waals surface area contributed by atoms with Crippen LogP contribution in [-0.4, -0.2) is 42.0 Å². The third-order valence-corrected chi connectivity index (χ3v) is 4.28. The van der Waals surface area contributed by atoms with E-state index in [1.807, 2.05) is 23.1 Å². The number of nitrogens with zero attached hydrogens (tertiary/aromatic N) is 4. The smallest absolute Gasteiger partial charge is 0.354 e. The Balaban J connectivity index is 1.87. The van der Waals surface area contributed by atoms with E-state index in [4.69, 9.17) is 5.73 Å². The number of rotatable bonds is 9. The lowest BCUT2D eigenvalue weighted by molar-refractivity contribution is 0.0679. The highest BCUT2D eigenvalue weighted by molar-refractivity contribution is 5.85. The van der Waals surface area contributed by atoms with Crippen LogP contribution in [0.4, 0.5) is 0 Å². The van der Waals surface area contributed by atoms with Gasteiger partial charge in [0.1, 0.15) is 11.4 Å². The Morgan fingerprint density at radius 2 is 1.10 bits per heavy atom. The number of carboxylic acid groups (broad SMARTS) is 2. The van der Waals surface area contributed by atoms with Crippen LogP contribution in [0.25, 0.3) is 0 Å². The predicted molar refractivity (Wildman–Crippen MR) is 107 cm³/mol. The molecule has 0 saturated heterocycles. The molecule has 3 aromatic rings. The van der Waals surface area contributed by atoms with Crippen LogP contribution >= 0.6 is 0 Å². The van der Waals surface area contributed by atoms with E-state index in [1.54, 1.807) is 24.3 Å². The van der Waals surface area contributed by atoms with Crippen molar-refractivity contribution >= 4 is 11.9 Å². The fourth-order valence-electron chi connectivity index (χ4n) is 2.96. The number of hydrogen-bond acceptors (Lipinski definition) is 7. The summed E-state index contributed by atoms with van der Waals surface area (Å²) in [6.07, 6.45) is 0. The normalized spacial score (nSPS) is 10.9. The summed E-state index contributed by atoms with van der Waals surface area (Å²) in [5.41, 5.74) is 8.27. The Morgan fingerprint density at radius 3 is 1.53 bits per heavy atom. The third kappa shape index (κ3) is 5.66. The minimum Gasteiger partial charge on any atom is -0.477 e. The van der Waals surface area contributed by atoms with Gasteiger partial charge in [-0.15, -0.1) is 0 Å². The molecule has 9 heteroatoms. The van der Waals surface area contributed by atoms with Crippen molar-refractivity contribution in [3.63, 3.8) is 0 Å². The highest BCUT2D eigenvalue weighted by Gasteiger charge is 2.14. The van der Waals surface area contributed by atoms with Gasteiger partial charge in [-0.1, -0.05) is 18.2 Å². The average molecular weight is 407 g/mol. The number of aromatic nitrogens is 3. The molecule has 0 saturated carbocycles. The Morgan fingerprint density at radius 1 is 0.700 bits per heavy atom. The molecule has 0 bridgehead atoms. The first-order valence-electron chi connectivity index (χ1n) is 9.20. The van der Waals surface area contributed by atoms with Gasteiger partial charge in [0.15, 0.2) is 0 Å². The maximum atomic E-state index is 11.2. The van der Waals surface area contributed by atoms with E-state index in [2.05, 4.69) is 15.0 Å². The van der Waals surface area contributed by atoms with Gasteiger partial charge in [-0.3, -0.25) is 9.88 Å². The van der Waals surface area contributed by atoms with Crippen molar-refractivity contribution in [3.8, 4) is 0 Å². The SMILES string of the molecule is NCc1cccc(CN(Cc2cccc(C(=O)O)n2)Cc2cccc(C(=O)O)n2)n1. The molecule has 3 rings (SSSR count). The zero-order chi connectivity index (χ0) is 21.5. The average Bonchev–Trinajstić information content (AvgIpc) is 2.74. The first-order chi connectivity index (χ1) is 14.4. The molecule has 3 heterocycles. The summed E-state index contributed by atoms with van der Waals surface area (Å²) in [7, 11) is 0. The number of aromatic carboxylic acids is 2. The molecule has 0 amide bonds. The second-order valence-electron chi connectivity index (χ2n) is 6.61. The summed E-state index contributed by atoms with van der Waals surface area (Å²) in [5, 5.41) is 18.4. The van der Waals surface area contributed by atoms with Gasteiger partial charge in [0, 0.05) is 26.2 Å². The van der Waals surface area contributed by atoms with E-state index in [0.29, 0.717) is 37.6 Å². The molecule has 0 atom stereocenters. The number of carbonyl (C=O) groups is 2. The summed E-state index contributed by atoms with van der Waals surface area (Å²) >= 11 is 0. The Labute approximate surface area is 172 Å². The summed E-state index contributed by atoms with van der Waals surface area (Å²) in [6.45, 7) is 1.40. The standard InChI is InChI=1S/C21H21N5O4/c22-10-14-4-1-5-15(23-14)11-26(12-16-6-2-8-18(24-16)20(27)28)13-17-7-3-9-19(25-17)21(29)30/h1-9H,10-13,22H2,(H,27,28)(H,29,30). The maximum absolute atomic E-state index is 11.2. The van der Waals surface area contributed by atoms with Crippen LogP contribution in [0.5, 0.6) is 0 Å². The quantitative estimate of drug-likeness (QED) is 0.485. The van der Waals surface area contributed by atoms with Crippen LogP contribution in [0.1, 0.15) is 43.8 Å². The largest absolute Gasteiger partial charge is 0.477 e. The molecule has 0 spiro atoms. The van der Waals surface area contributed by atoms with Gasteiger partial charge in [-0.25, -0.2) is 19.6 Å². The Hall–Kier alpha value is -3.69. The van der Waals surface area contributed by atoms with Crippen molar-refractivity contribution in [1.29, 1.82) is 0 Å². The topological polar surface area (TPSA) is 143 Å². The minimum atomic E-state index is -1.10. The Bertz CT molecular complexity index is 997. The number of nitrogens with two attached hydrogens (primary N) is 1. The molecule has 9 nitrogen and oxygen atoms in total. The van der Waals surface area contributed by atoms with Gasteiger partial charge in [0.25, 0.3) is 0 Å². The number of pyridine rings is 3. The van der Waals surface area contributed by atoms with Crippen LogP contribution in [0, 0.1) is 0 Å². The monoisotopic (exact) mass is 407 g/mol. The first-order valence-corrected chi connectivity index (χ1v) is 9.20. The third-order valence-electron chi connectivity index (χ3n) is 4.28. The molecule has 30 heavy (non-hydrogen) atoms. The fraction of sp³-hybridized carbons (Fsp3) is 0.190. The summed E-state index contributed by atoms with van der Waals surface area (Å²) in [5.74, 6) is -2.20. The summed E-state index contributed by atoms with van der Waals surface area (Å²) in [6, 6.07) is 15.2. The molecule has 0 unspecified atom stereocenters. The van der Waals surface area contributed by atoms with E-state index in [9.17, 15) is 19.8 Å². The molecule has 0 aliphatic carbocycles. The van der Waals surface area contributed by atoms with Crippen molar-refractivity contribution in [2.24, 2.45) is 5.73 Å². The van der Waals surface area contributed by atoms with Crippen molar-refractivity contribution in [3.05, 3.63) is 88.8 Å². The van der Waals surface area contributed by atoms with Gasteiger partial charge < -0.3 is 15.9 Å². The van der Waals surface area contributed by atoms with E-state index in [-0.39, 0.29) is 11.4 Å². The molecule has 0 aromatic carbocycles. The fourth-order valence-corrected chi connectivity index (χ4v) is 2.96. The van der Waals surface area contributed by atoms with Crippen molar-refractivity contribution in [2.45, 2.75) is 26.2 Å². The van der Waals surface area contributed by atoms with Gasteiger partial charge in [0.05, 0.1) is 22.8 Å². The molecule has 3 aromatic heterocycles. The highest BCUT2D eigenvalue weighted by atomic mass is 16.4. The zero-order valence-electron chi connectivity index (χ0n) is 16.1. The van der Waals surface area contributed by atoms with E-state index >= 15 is 0 Å². The first kappa shape index (κ1) is 21.0. The van der Waals surface area contributed by atoms with Crippen molar-refractivity contribution < 1.29 is 19.8 Å². The molecule has 154 valence electrons. The molecule has 4 N–H and O–H groups in total. The minimum absolute atomic E-state index is 0.0401. The second kappa shape index (κ2) is 9.68. The lowest BCUT2D eigenvalue weighted by Crippen LogP contribution is -2.25. The van der Waals surface area contributed by atoms with Crippen LogP contribution < -0.4 is 5.73 Å². The second-order valence-corrected chi connectivity index (χ2v) is 6.61. The lowest BCUT2D eigenvalue weighted by Gasteiger charge is -2.22. The van der Waals surface area contributed by atoms with Crippen molar-refractivity contribution in [1.82, 2.24) is 19.9 Å². The lowest BCUT2D eigenvalue weighted by atomic mass is 10.2. The van der Waals surface area contributed by atoms with Crippen LogP contribution in [-0.2, 0) is 26.2 Å². The van der Waals surface area contributed by atoms with E-state index < -0.39 is 11.9 Å². The number of hydrogen-bond donors (Lipinski definition) is 3.